The minimum atomic E-state index is -3.51. The molecule has 0 radical (unpaired) electrons. The quantitative estimate of drug-likeness (QED) is 0.408. The summed E-state index contributed by atoms with van der Waals surface area (Å²) in [5.41, 5.74) is 3.36. The van der Waals surface area contributed by atoms with Crippen molar-refractivity contribution in [2.75, 3.05) is 23.0 Å². The molecule has 0 aliphatic carbocycles. The maximum Gasteiger partial charge on any atom is 0.230 e. The van der Waals surface area contributed by atoms with Gasteiger partial charge in [0.15, 0.2) is 0 Å². The van der Waals surface area contributed by atoms with Crippen LogP contribution in [-0.4, -0.2) is 41.7 Å². The van der Waals surface area contributed by atoms with E-state index in [9.17, 15) is 8.42 Å². The van der Waals surface area contributed by atoms with Crippen LogP contribution in [0.1, 0.15) is 22.7 Å². The van der Waals surface area contributed by atoms with Crippen molar-refractivity contribution in [3.63, 3.8) is 0 Å². The van der Waals surface area contributed by atoms with Gasteiger partial charge in [0.1, 0.15) is 11.6 Å². The molecule has 0 aliphatic rings. The first-order valence-electron chi connectivity index (χ1n) is 10.4. The highest BCUT2D eigenvalue weighted by molar-refractivity contribution is 7.92. The van der Waals surface area contributed by atoms with Crippen molar-refractivity contribution >= 4 is 27.3 Å². The van der Waals surface area contributed by atoms with Gasteiger partial charge in [-0.25, -0.2) is 18.4 Å². The molecular weight excluding hydrogens is 452 g/mol. The number of anilines is 3. The first-order chi connectivity index (χ1) is 16.4. The van der Waals surface area contributed by atoms with Gasteiger partial charge in [-0.3, -0.25) is 14.7 Å². The Bertz CT molecular complexity index is 1310. The Morgan fingerprint density at radius 3 is 2.12 bits per heavy atom. The highest BCUT2D eigenvalue weighted by Gasteiger charge is 2.28. The largest absolute Gasteiger partial charge is 0.481 e. The maximum atomic E-state index is 11.9. The zero-order chi connectivity index (χ0) is 24.1. The van der Waals surface area contributed by atoms with Crippen LogP contribution in [0, 0.1) is 6.92 Å². The van der Waals surface area contributed by atoms with Gasteiger partial charge in [-0.1, -0.05) is 18.2 Å². The lowest BCUT2D eigenvalue weighted by molar-refractivity contribution is 0.398. The van der Waals surface area contributed by atoms with E-state index in [0.717, 1.165) is 28.6 Å². The van der Waals surface area contributed by atoms with Crippen molar-refractivity contribution < 1.29 is 13.2 Å². The Balaban J connectivity index is 1.96. The third kappa shape index (κ3) is 5.29. The summed E-state index contributed by atoms with van der Waals surface area (Å²) >= 11 is 0. The fraction of sp³-hybridized carbons (Fsp3) is 0.167. The smallest absolute Gasteiger partial charge is 0.230 e. The summed E-state index contributed by atoms with van der Waals surface area (Å²) in [6.45, 7) is 1.92. The summed E-state index contributed by atoms with van der Waals surface area (Å²) in [4.78, 5) is 19.7. The van der Waals surface area contributed by atoms with E-state index in [1.807, 2.05) is 48.2 Å². The number of pyridine rings is 4. The summed E-state index contributed by atoms with van der Waals surface area (Å²) in [5, 5.41) is 0. The van der Waals surface area contributed by atoms with Crippen LogP contribution >= 0.6 is 0 Å². The molecule has 0 unspecified atom stereocenters. The van der Waals surface area contributed by atoms with E-state index in [4.69, 9.17) is 4.74 Å². The van der Waals surface area contributed by atoms with Gasteiger partial charge in [0, 0.05) is 30.9 Å². The van der Waals surface area contributed by atoms with E-state index in [-0.39, 0.29) is 11.9 Å². The van der Waals surface area contributed by atoms with Crippen LogP contribution < -0.4 is 14.4 Å². The lowest BCUT2D eigenvalue weighted by atomic mass is 9.98. The minimum Gasteiger partial charge on any atom is -0.481 e. The van der Waals surface area contributed by atoms with Gasteiger partial charge in [0.05, 0.1) is 31.3 Å². The average Bonchev–Trinajstić information content (AvgIpc) is 2.84. The van der Waals surface area contributed by atoms with Crippen LogP contribution in [0.2, 0.25) is 0 Å². The molecule has 4 heterocycles. The molecule has 0 fully saturated rings. The van der Waals surface area contributed by atoms with Crippen LogP contribution in [0.25, 0.3) is 0 Å². The Morgan fingerprint density at radius 2 is 1.62 bits per heavy atom. The predicted molar refractivity (Wildman–Crippen MR) is 131 cm³/mol. The molecule has 0 bridgehead atoms. The molecule has 0 aromatic carbocycles. The van der Waals surface area contributed by atoms with Crippen LogP contribution in [0.4, 0.5) is 17.3 Å². The topological polar surface area (TPSA) is 110 Å². The predicted octanol–water partition coefficient (Wildman–Crippen LogP) is 3.88. The Morgan fingerprint density at radius 1 is 0.941 bits per heavy atom. The standard InChI is InChI=1S/C24H24N6O3S/c1-17-8-10-21(29-34(3,31)32)28-24(17)30(20-9-11-22(33-2)27-16-20)23(18-6-4-12-25-14-18)19-7-5-13-26-15-19/h4-16,23H,1-3H3,(H,28,29). The first kappa shape index (κ1) is 23.1. The number of sulfonamides is 1. The Kier molecular flexibility index (Phi) is 6.69. The number of nitrogens with zero attached hydrogens (tertiary/aromatic N) is 5. The van der Waals surface area contributed by atoms with E-state index >= 15 is 0 Å². The zero-order valence-electron chi connectivity index (χ0n) is 19.0. The Hall–Kier alpha value is -4.05. The second kappa shape index (κ2) is 9.84. The van der Waals surface area contributed by atoms with Crippen molar-refractivity contribution in [3.05, 3.63) is 96.2 Å². The summed E-state index contributed by atoms with van der Waals surface area (Å²) in [7, 11) is -1.96. The number of rotatable bonds is 8. The van der Waals surface area contributed by atoms with Gasteiger partial charge >= 0.3 is 0 Å². The van der Waals surface area contributed by atoms with Crippen molar-refractivity contribution in [2.24, 2.45) is 0 Å². The second-order valence-electron chi connectivity index (χ2n) is 7.62. The number of nitrogens with one attached hydrogen (secondary N) is 1. The number of methoxy groups -OCH3 is 1. The van der Waals surface area contributed by atoms with Gasteiger partial charge in [-0.2, -0.15) is 0 Å². The average molecular weight is 477 g/mol. The third-order valence-corrected chi connectivity index (χ3v) is 5.63. The molecule has 174 valence electrons. The number of hydrogen-bond acceptors (Lipinski definition) is 8. The molecule has 0 spiro atoms. The van der Waals surface area contributed by atoms with Crippen molar-refractivity contribution in [1.82, 2.24) is 19.9 Å². The molecule has 0 amide bonds. The van der Waals surface area contributed by atoms with Gasteiger partial charge in [0.2, 0.25) is 15.9 Å². The maximum absolute atomic E-state index is 11.9. The summed E-state index contributed by atoms with van der Waals surface area (Å²) in [5.74, 6) is 1.24. The molecule has 0 saturated carbocycles. The van der Waals surface area contributed by atoms with Gasteiger partial charge in [0.25, 0.3) is 0 Å². The van der Waals surface area contributed by atoms with Crippen LogP contribution in [0.5, 0.6) is 5.88 Å². The molecule has 1 N–H and O–H groups in total. The molecule has 4 aromatic heterocycles. The van der Waals surface area contributed by atoms with E-state index in [1.54, 1.807) is 50.2 Å². The SMILES string of the molecule is COc1ccc(N(c2nc(NS(C)(=O)=O)ccc2C)C(c2cccnc2)c2cccnc2)cn1. The minimum absolute atomic E-state index is 0.214. The van der Waals surface area contributed by atoms with Crippen LogP contribution in [-0.2, 0) is 10.0 Å². The summed E-state index contributed by atoms with van der Waals surface area (Å²) < 4.78 is 31.5. The molecule has 4 rings (SSSR count). The van der Waals surface area contributed by atoms with Gasteiger partial charge < -0.3 is 9.64 Å². The normalized spacial score (nSPS) is 11.3. The van der Waals surface area contributed by atoms with Crippen molar-refractivity contribution in [2.45, 2.75) is 13.0 Å². The van der Waals surface area contributed by atoms with Crippen LogP contribution in [0.3, 0.4) is 0 Å². The van der Waals surface area contributed by atoms with E-state index < -0.39 is 10.0 Å². The summed E-state index contributed by atoms with van der Waals surface area (Å²) in [6, 6.07) is 14.4. The fourth-order valence-corrected chi connectivity index (χ4v) is 4.10. The zero-order valence-corrected chi connectivity index (χ0v) is 19.8. The number of aromatic nitrogens is 4. The molecule has 34 heavy (non-hydrogen) atoms. The first-order valence-corrected chi connectivity index (χ1v) is 12.3. The highest BCUT2D eigenvalue weighted by atomic mass is 32.2. The van der Waals surface area contributed by atoms with Gasteiger partial charge in [-0.15, -0.1) is 0 Å². The molecule has 9 nitrogen and oxygen atoms in total. The van der Waals surface area contributed by atoms with E-state index in [0.29, 0.717) is 11.7 Å². The van der Waals surface area contributed by atoms with Crippen molar-refractivity contribution in [1.29, 1.82) is 0 Å². The van der Waals surface area contributed by atoms with E-state index in [1.165, 1.54) is 0 Å². The molecule has 0 aliphatic heterocycles. The molecule has 4 aromatic rings. The number of hydrogen-bond donors (Lipinski definition) is 1. The highest BCUT2D eigenvalue weighted by Crippen LogP contribution is 2.39. The van der Waals surface area contributed by atoms with Gasteiger partial charge in [-0.05, 0) is 47.9 Å². The molecule has 0 atom stereocenters. The number of ether oxygens (including phenoxy) is 1. The lowest BCUT2D eigenvalue weighted by Gasteiger charge is -2.34. The fourth-order valence-electron chi connectivity index (χ4n) is 3.60. The number of aryl methyl sites for hydroxylation is 1. The second-order valence-corrected chi connectivity index (χ2v) is 9.36. The third-order valence-electron chi connectivity index (χ3n) is 5.05. The molecular formula is C24H24N6O3S. The Labute approximate surface area is 198 Å². The lowest BCUT2D eigenvalue weighted by Crippen LogP contribution is -2.27. The summed E-state index contributed by atoms with van der Waals surface area (Å²) in [6.07, 6.45) is 9.78. The monoisotopic (exact) mass is 476 g/mol. The van der Waals surface area contributed by atoms with Crippen LogP contribution in [0.15, 0.2) is 79.5 Å². The molecule has 10 heteroatoms. The van der Waals surface area contributed by atoms with E-state index in [2.05, 4.69) is 24.7 Å². The van der Waals surface area contributed by atoms with Crippen molar-refractivity contribution in [3.8, 4) is 5.88 Å². The molecule has 0 saturated heterocycles.